The Balaban J connectivity index is 1.25. The molecule has 200 valence electrons. The number of aromatic nitrogens is 3. The van der Waals surface area contributed by atoms with Gasteiger partial charge in [0.1, 0.15) is 17.2 Å². The minimum absolute atomic E-state index is 0.188. The van der Waals surface area contributed by atoms with E-state index in [9.17, 15) is 22.4 Å². The normalized spacial score (nSPS) is 22.3. The Morgan fingerprint density at radius 1 is 1.13 bits per heavy atom. The van der Waals surface area contributed by atoms with E-state index in [2.05, 4.69) is 15.4 Å². The monoisotopic (exact) mass is 530 g/mol. The zero-order chi connectivity index (χ0) is 26.7. The summed E-state index contributed by atoms with van der Waals surface area (Å²) in [5.74, 6) is -0.939. The third kappa shape index (κ3) is 3.98. The maximum atomic E-state index is 14.6. The van der Waals surface area contributed by atoms with Crippen LogP contribution < -0.4 is 11.1 Å². The summed E-state index contributed by atoms with van der Waals surface area (Å²) in [6.07, 6.45) is -0.689. The minimum Gasteiger partial charge on any atom is -0.383 e. The van der Waals surface area contributed by atoms with Crippen LogP contribution in [0.25, 0.3) is 11.3 Å². The molecule has 2 amide bonds. The van der Waals surface area contributed by atoms with Crippen LogP contribution in [0.1, 0.15) is 42.5 Å². The number of hydrogen-bond donors (Lipinski definition) is 2. The molecule has 8 nitrogen and oxygen atoms in total. The molecule has 3 N–H and O–H groups in total. The van der Waals surface area contributed by atoms with Gasteiger partial charge in [-0.2, -0.15) is 18.3 Å². The quantitative estimate of drug-likeness (QED) is 0.489. The summed E-state index contributed by atoms with van der Waals surface area (Å²) in [6.45, 7) is 1.41. The van der Waals surface area contributed by atoms with E-state index in [-0.39, 0.29) is 24.0 Å². The highest BCUT2D eigenvalue weighted by Gasteiger charge is 2.49. The molecule has 6 rings (SSSR count). The van der Waals surface area contributed by atoms with Crippen molar-refractivity contribution in [3.63, 3.8) is 0 Å². The lowest BCUT2D eigenvalue weighted by molar-refractivity contribution is -0.137. The Bertz CT molecular complexity index is 1400. The molecule has 38 heavy (non-hydrogen) atoms. The number of nitrogen functional groups attached to an aromatic ring is 1. The molecule has 2 aromatic heterocycles. The predicted octanol–water partition coefficient (Wildman–Crippen LogP) is 4.41. The molecule has 0 radical (unpaired) electrons. The number of urea groups is 1. The highest BCUT2D eigenvalue weighted by molar-refractivity contribution is 5.76. The smallest absolute Gasteiger partial charge is 0.383 e. The average Bonchev–Trinajstić information content (AvgIpc) is 3.48. The first-order valence-electron chi connectivity index (χ1n) is 12.5. The summed E-state index contributed by atoms with van der Waals surface area (Å²) in [7, 11) is 0. The second-order valence-electron chi connectivity index (χ2n) is 10.2. The molecule has 1 atom stereocenters. The molecule has 3 aromatic rings. The number of likely N-dealkylation sites (tertiary alicyclic amines) is 1. The number of anilines is 1. The number of nitrogens with zero attached hydrogens (tertiary/aromatic N) is 4. The number of ether oxygens (including phenoxy) is 1. The first-order valence-corrected chi connectivity index (χ1v) is 12.5. The van der Waals surface area contributed by atoms with Gasteiger partial charge >= 0.3 is 12.2 Å². The fourth-order valence-electron chi connectivity index (χ4n) is 5.75. The number of rotatable bonds is 3. The molecule has 2 aliphatic heterocycles. The van der Waals surface area contributed by atoms with Gasteiger partial charge in [0.05, 0.1) is 42.2 Å². The van der Waals surface area contributed by atoms with Crippen molar-refractivity contribution in [2.75, 3.05) is 25.4 Å². The Hall–Kier alpha value is -3.67. The number of fused-ring (bicyclic) bond motifs is 2. The Kier molecular flexibility index (Phi) is 5.64. The van der Waals surface area contributed by atoms with Crippen molar-refractivity contribution in [1.82, 2.24) is 25.0 Å². The summed E-state index contributed by atoms with van der Waals surface area (Å²) in [5, 5.41) is 7.60. The third-order valence-electron chi connectivity index (χ3n) is 7.91. The van der Waals surface area contributed by atoms with Crippen molar-refractivity contribution in [3.05, 3.63) is 65.2 Å². The molecule has 1 unspecified atom stereocenters. The van der Waals surface area contributed by atoms with Crippen LogP contribution in [0.2, 0.25) is 0 Å². The maximum Gasteiger partial charge on any atom is 0.419 e. The third-order valence-corrected chi connectivity index (χ3v) is 7.91. The lowest BCUT2D eigenvalue weighted by Crippen LogP contribution is -2.55. The Morgan fingerprint density at radius 2 is 1.92 bits per heavy atom. The fourth-order valence-corrected chi connectivity index (χ4v) is 5.75. The summed E-state index contributed by atoms with van der Waals surface area (Å²) < 4.78 is 62.6. The van der Waals surface area contributed by atoms with Crippen molar-refractivity contribution in [2.45, 2.75) is 49.5 Å². The van der Waals surface area contributed by atoms with E-state index in [0.29, 0.717) is 55.9 Å². The van der Waals surface area contributed by atoms with Crippen LogP contribution in [0.3, 0.4) is 0 Å². The number of carbonyl (C=O) groups is 1. The van der Waals surface area contributed by atoms with Crippen LogP contribution in [0, 0.1) is 5.82 Å². The van der Waals surface area contributed by atoms with Gasteiger partial charge in [0.2, 0.25) is 0 Å². The van der Waals surface area contributed by atoms with Crippen LogP contribution in [0.5, 0.6) is 0 Å². The predicted molar refractivity (Wildman–Crippen MR) is 129 cm³/mol. The first kappa shape index (κ1) is 24.7. The van der Waals surface area contributed by atoms with Gasteiger partial charge in [-0.3, -0.25) is 4.68 Å². The van der Waals surface area contributed by atoms with Crippen molar-refractivity contribution in [1.29, 1.82) is 0 Å². The van der Waals surface area contributed by atoms with Crippen molar-refractivity contribution in [2.24, 2.45) is 0 Å². The number of nitrogens with one attached hydrogen (secondary N) is 1. The van der Waals surface area contributed by atoms with E-state index >= 15 is 0 Å². The molecule has 1 saturated carbocycles. The zero-order valence-electron chi connectivity index (χ0n) is 20.4. The molecule has 1 spiro atoms. The van der Waals surface area contributed by atoms with Gasteiger partial charge in [0, 0.05) is 30.3 Å². The summed E-state index contributed by atoms with van der Waals surface area (Å²) in [6, 6.07) is 8.83. The van der Waals surface area contributed by atoms with Crippen molar-refractivity contribution < 1.29 is 27.1 Å². The standard InChI is InChI=1S/C26H26F4N6O2/c27-19-5-2-1-4-17(19)24(6-3-7-24)33-23(37)35-9-8-25(15-35)21-13-20(34-36(21)10-11-38-25)16-12-18(26(28,29)30)22(31)32-14-16/h1-2,4-5,12-14H,3,6-11,15H2,(H2,31,32)(H,33,37). The van der Waals surface area contributed by atoms with Gasteiger partial charge in [-0.15, -0.1) is 0 Å². The molecule has 2 fully saturated rings. The molecule has 3 aliphatic rings. The lowest BCUT2D eigenvalue weighted by atomic mass is 9.71. The van der Waals surface area contributed by atoms with Crippen LogP contribution in [-0.4, -0.2) is 45.4 Å². The molecular formula is C26H26F4N6O2. The number of hydrogen-bond acceptors (Lipinski definition) is 5. The van der Waals surface area contributed by atoms with Crippen LogP contribution in [-0.2, 0) is 28.6 Å². The summed E-state index contributed by atoms with van der Waals surface area (Å²) in [5.41, 5.74) is 4.53. The zero-order valence-corrected chi connectivity index (χ0v) is 20.4. The van der Waals surface area contributed by atoms with E-state index in [0.717, 1.165) is 12.5 Å². The minimum atomic E-state index is -4.64. The lowest BCUT2D eigenvalue weighted by Gasteiger charge is -2.44. The second-order valence-corrected chi connectivity index (χ2v) is 10.2. The van der Waals surface area contributed by atoms with Gasteiger partial charge in [-0.05, 0) is 37.5 Å². The molecule has 1 aliphatic carbocycles. The molecule has 1 saturated heterocycles. The van der Waals surface area contributed by atoms with Gasteiger partial charge < -0.3 is 20.7 Å². The number of alkyl halides is 3. The van der Waals surface area contributed by atoms with Crippen LogP contribution >= 0.6 is 0 Å². The van der Waals surface area contributed by atoms with Crippen LogP contribution in [0.15, 0.2) is 42.6 Å². The van der Waals surface area contributed by atoms with E-state index in [1.165, 1.54) is 12.3 Å². The van der Waals surface area contributed by atoms with E-state index in [1.807, 2.05) is 0 Å². The van der Waals surface area contributed by atoms with Crippen molar-refractivity contribution in [3.8, 4) is 11.3 Å². The van der Waals surface area contributed by atoms with E-state index in [1.54, 1.807) is 33.8 Å². The summed E-state index contributed by atoms with van der Waals surface area (Å²) >= 11 is 0. The Labute approximate surface area is 215 Å². The average molecular weight is 531 g/mol. The number of nitrogens with two attached hydrogens (primary N) is 1. The number of pyridine rings is 1. The topological polar surface area (TPSA) is 98.3 Å². The largest absolute Gasteiger partial charge is 0.419 e. The SMILES string of the molecule is Nc1ncc(-c2cc3n(n2)CCOC32CCN(C(=O)NC3(c4ccccc4F)CCC3)C2)cc1C(F)(F)F. The van der Waals surface area contributed by atoms with Gasteiger partial charge in [0.15, 0.2) is 0 Å². The van der Waals surface area contributed by atoms with Gasteiger partial charge in [-0.25, -0.2) is 14.2 Å². The van der Waals surface area contributed by atoms with Crippen molar-refractivity contribution >= 4 is 11.8 Å². The molecule has 4 heterocycles. The van der Waals surface area contributed by atoms with E-state index in [4.69, 9.17) is 10.5 Å². The first-order chi connectivity index (χ1) is 18.1. The molecule has 0 bridgehead atoms. The fraction of sp³-hybridized carbons (Fsp3) is 0.423. The number of carbonyl (C=O) groups excluding carboxylic acids is 1. The molecule has 12 heteroatoms. The number of halogens is 4. The van der Waals surface area contributed by atoms with Gasteiger partial charge in [0.25, 0.3) is 0 Å². The highest BCUT2D eigenvalue weighted by atomic mass is 19.4. The molecular weight excluding hydrogens is 504 g/mol. The maximum absolute atomic E-state index is 14.6. The summed E-state index contributed by atoms with van der Waals surface area (Å²) in [4.78, 5) is 18.7. The Morgan fingerprint density at radius 3 is 2.63 bits per heavy atom. The van der Waals surface area contributed by atoms with E-state index < -0.39 is 28.7 Å². The highest BCUT2D eigenvalue weighted by Crippen LogP contribution is 2.44. The van der Waals surface area contributed by atoms with Gasteiger partial charge in [-0.1, -0.05) is 18.2 Å². The second kappa shape index (κ2) is 8.69. The molecule has 1 aromatic carbocycles. The number of amides is 2. The van der Waals surface area contributed by atoms with Crippen LogP contribution in [0.4, 0.5) is 28.2 Å². The number of benzene rings is 1.